The standard InChI is InChI=1S/C30H20F8N6O2/c31-27(32,25(45)39-19-11-15-23(16-12-19)43-41-21-7-3-1-4-8-21)29(35,36)30(37,38)28(33,34)26(46)40-20-13-17-24(18-14-20)44-42-22-9-5-2-6-10-22/h1-18H,(H,39,45)(H,40,46). The highest BCUT2D eigenvalue weighted by atomic mass is 19.4. The van der Waals surface area contributed by atoms with Crippen LogP contribution in [0.4, 0.5) is 69.2 Å². The number of azo groups is 2. The lowest BCUT2D eigenvalue weighted by Gasteiger charge is -2.35. The van der Waals surface area contributed by atoms with Gasteiger partial charge in [0.1, 0.15) is 0 Å². The molecule has 4 aromatic rings. The number of benzene rings is 4. The topological polar surface area (TPSA) is 108 Å². The van der Waals surface area contributed by atoms with Gasteiger partial charge >= 0.3 is 35.5 Å². The molecule has 0 atom stereocenters. The lowest BCUT2D eigenvalue weighted by molar-refractivity contribution is -0.345. The van der Waals surface area contributed by atoms with Crippen LogP contribution in [-0.2, 0) is 9.59 Å². The second-order valence-corrected chi connectivity index (χ2v) is 9.37. The van der Waals surface area contributed by atoms with E-state index in [1.54, 1.807) is 60.7 Å². The zero-order valence-electron chi connectivity index (χ0n) is 23.0. The second-order valence-electron chi connectivity index (χ2n) is 9.37. The van der Waals surface area contributed by atoms with Crippen molar-refractivity contribution in [2.75, 3.05) is 10.6 Å². The summed E-state index contributed by atoms with van der Waals surface area (Å²) in [6.45, 7) is 0. The summed E-state index contributed by atoms with van der Waals surface area (Å²) in [4.78, 5) is 24.0. The summed E-state index contributed by atoms with van der Waals surface area (Å²) in [5, 5.41) is 18.0. The van der Waals surface area contributed by atoms with Gasteiger partial charge in [-0.3, -0.25) is 9.59 Å². The Morgan fingerprint density at radius 3 is 0.957 bits per heavy atom. The van der Waals surface area contributed by atoms with Crippen molar-refractivity contribution in [1.82, 2.24) is 0 Å². The molecule has 4 rings (SSSR count). The molecule has 16 heteroatoms. The largest absolute Gasteiger partial charge is 0.393 e. The minimum absolute atomic E-state index is 0.127. The quantitative estimate of drug-likeness (QED) is 0.125. The van der Waals surface area contributed by atoms with E-state index in [0.29, 0.717) is 11.4 Å². The maximum atomic E-state index is 14.5. The van der Waals surface area contributed by atoms with Gasteiger partial charge in [0.15, 0.2) is 0 Å². The number of hydrogen-bond acceptors (Lipinski definition) is 6. The maximum absolute atomic E-state index is 14.5. The predicted octanol–water partition coefficient (Wildman–Crippen LogP) is 9.64. The molecule has 0 aliphatic rings. The molecule has 0 fully saturated rings. The van der Waals surface area contributed by atoms with Crippen LogP contribution in [0.2, 0.25) is 0 Å². The van der Waals surface area contributed by atoms with Gasteiger partial charge in [-0.2, -0.15) is 55.6 Å². The SMILES string of the molecule is O=C(Nc1ccc(N=Nc2ccccc2)cc1)C(F)(F)C(F)(F)C(F)(F)C(F)(F)C(=O)Nc1ccc(N=Nc2ccccc2)cc1. The van der Waals surface area contributed by atoms with Crippen molar-refractivity contribution in [1.29, 1.82) is 0 Å². The van der Waals surface area contributed by atoms with Crippen molar-refractivity contribution >= 4 is 45.9 Å². The zero-order valence-corrected chi connectivity index (χ0v) is 23.0. The summed E-state index contributed by atoms with van der Waals surface area (Å²) in [6.07, 6.45) is 0. The lowest BCUT2D eigenvalue weighted by atomic mass is 9.97. The number of hydrogen-bond donors (Lipinski definition) is 2. The average molecular weight is 649 g/mol. The molecule has 0 aliphatic heterocycles. The summed E-state index contributed by atoms with van der Waals surface area (Å²) in [7, 11) is 0. The normalized spacial score (nSPS) is 12.8. The Bertz CT molecular complexity index is 1590. The van der Waals surface area contributed by atoms with E-state index in [2.05, 4.69) is 20.5 Å². The van der Waals surface area contributed by atoms with E-state index < -0.39 is 46.9 Å². The van der Waals surface area contributed by atoms with Crippen molar-refractivity contribution < 1.29 is 44.7 Å². The number of nitrogens with one attached hydrogen (secondary N) is 2. The Kier molecular flexibility index (Phi) is 9.58. The van der Waals surface area contributed by atoms with Gasteiger partial charge in [-0.15, -0.1) is 0 Å². The number of alkyl halides is 8. The lowest BCUT2D eigenvalue weighted by Crippen LogP contribution is -2.67. The molecule has 0 bridgehead atoms. The summed E-state index contributed by atoms with van der Waals surface area (Å²) < 4.78 is 116. The highest BCUT2D eigenvalue weighted by molar-refractivity contribution is 5.99. The maximum Gasteiger partial charge on any atom is 0.393 e. The van der Waals surface area contributed by atoms with E-state index >= 15 is 0 Å². The van der Waals surface area contributed by atoms with Crippen molar-refractivity contribution in [2.24, 2.45) is 20.5 Å². The van der Waals surface area contributed by atoms with Gasteiger partial charge < -0.3 is 10.6 Å². The number of carbonyl (C=O) groups excluding carboxylic acids is 2. The molecule has 2 amide bonds. The highest BCUT2D eigenvalue weighted by Crippen LogP contribution is 2.53. The fourth-order valence-corrected chi connectivity index (χ4v) is 3.54. The third kappa shape index (κ3) is 7.06. The van der Waals surface area contributed by atoms with Crippen LogP contribution in [0.3, 0.4) is 0 Å². The Hall–Kier alpha value is -5.54. The van der Waals surface area contributed by atoms with Gasteiger partial charge in [0.05, 0.1) is 22.7 Å². The predicted molar refractivity (Wildman–Crippen MR) is 151 cm³/mol. The molecule has 0 heterocycles. The summed E-state index contributed by atoms with van der Waals surface area (Å²) in [6, 6.07) is 24.7. The first-order valence-corrected chi connectivity index (χ1v) is 12.9. The molecular weight excluding hydrogens is 628 g/mol. The molecule has 0 radical (unpaired) electrons. The highest BCUT2D eigenvalue weighted by Gasteiger charge is 2.84. The van der Waals surface area contributed by atoms with E-state index in [4.69, 9.17) is 0 Å². The van der Waals surface area contributed by atoms with Crippen LogP contribution >= 0.6 is 0 Å². The Labute approximate surface area is 254 Å². The summed E-state index contributed by atoms with van der Waals surface area (Å²) in [5.41, 5.74) is -0.0112. The van der Waals surface area contributed by atoms with Crippen molar-refractivity contribution in [2.45, 2.75) is 23.7 Å². The monoisotopic (exact) mass is 648 g/mol. The van der Waals surface area contributed by atoms with Gasteiger partial charge in [0.25, 0.3) is 0 Å². The first kappa shape index (κ1) is 33.4. The third-order valence-corrected chi connectivity index (χ3v) is 6.08. The third-order valence-electron chi connectivity index (χ3n) is 6.08. The number of amides is 2. The first-order valence-electron chi connectivity index (χ1n) is 12.9. The molecule has 0 unspecified atom stereocenters. The van der Waals surface area contributed by atoms with E-state index in [1.165, 1.54) is 10.6 Å². The number of anilines is 2. The van der Waals surface area contributed by atoms with Gasteiger partial charge in [0, 0.05) is 11.4 Å². The van der Waals surface area contributed by atoms with Crippen LogP contribution in [0, 0.1) is 0 Å². The minimum atomic E-state index is -7.05. The fourth-order valence-electron chi connectivity index (χ4n) is 3.54. The number of halogens is 8. The zero-order chi connectivity index (χ0) is 33.6. The molecule has 4 aromatic carbocycles. The Balaban J connectivity index is 1.43. The molecule has 238 valence electrons. The molecule has 46 heavy (non-hydrogen) atoms. The molecule has 0 spiro atoms. The summed E-state index contributed by atoms with van der Waals surface area (Å²) >= 11 is 0. The average Bonchev–Trinajstić information content (AvgIpc) is 3.04. The second kappa shape index (κ2) is 13.2. The van der Waals surface area contributed by atoms with E-state index in [9.17, 15) is 44.7 Å². The van der Waals surface area contributed by atoms with Crippen LogP contribution in [-0.4, -0.2) is 35.5 Å². The molecule has 0 aromatic heterocycles. The molecule has 0 aliphatic carbocycles. The molecule has 2 N–H and O–H groups in total. The van der Waals surface area contributed by atoms with Crippen LogP contribution in [0.15, 0.2) is 130 Å². The van der Waals surface area contributed by atoms with Gasteiger partial charge in [-0.05, 0) is 72.8 Å². The minimum Gasteiger partial charge on any atom is -0.321 e. The molecule has 8 nitrogen and oxygen atoms in total. The van der Waals surface area contributed by atoms with Crippen LogP contribution in [0.25, 0.3) is 0 Å². The Morgan fingerprint density at radius 1 is 0.413 bits per heavy atom. The summed E-state index contributed by atoms with van der Waals surface area (Å²) in [5.74, 6) is -33.0. The van der Waals surface area contributed by atoms with Gasteiger partial charge in [-0.1, -0.05) is 36.4 Å². The van der Waals surface area contributed by atoms with Crippen LogP contribution in [0.1, 0.15) is 0 Å². The number of nitrogens with zero attached hydrogens (tertiary/aromatic N) is 4. The Morgan fingerprint density at radius 2 is 0.674 bits per heavy atom. The molecule has 0 saturated heterocycles. The van der Waals surface area contributed by atoms with E-state index in [-0.39, 0.29) is 11.4 Å². The smallest absolute Gasteiger partial charge is 0.321 e. The van der Waals surface area contributed by atoms with Crippen molar-refractivity contribution in [3.63, 3.8) is 0 Å². The number of rotatable bonds is 11. The van der Waals surface area contributed by atoms with Crippen molar-refractivity contribution in [3.8, 4) is 0 Å². The fraction of sp³-hybridized carbons (Fsp3) is 0.133. The first-order chi connectivity index (χ1) is 21.6. The molecular formula is C30H20F8N6O2. The van der Waals surface area contributed by atoms with E-state index in [0.717, 1.165) is 48.5 Å². The van der Waals surface area contributed by atoms with Gasteiger partial charge in [-0.25, -0.2) is 0 Å². The number of carbonyl (C=O) groups is 2. The van der Waals surface area contributed by atoms with Crippen LogP contribution < -0.4 is 10.6 Å². The van der Waals surface area contributed by atoms with Crippen LogP contribution in [0.5, 0.6) is 0 Å². The van der Waals surface area contributed by atoms with Crippen molar-refractivity contribution in [3.05, 3.63) is 109 Å². The van der Waals surface area contributed by atoms with Gasteiger partial charge in [0.2, 0.25) is 0 Å². The molecule has 0 saturated carbocycles. The van der Waals surface area contributed by atoms with E-state index in [1.807, 2.05) is 0 Å².